The molecule has 0 spiro atoms. The van der Waals surface area contributed by atoms with Gasteiger partial charge in [-0.25, -0.2) is 0 Å². The van der Waals surface area contributed by atoms with Gasteiger partial charge in [0.1, 0.15) is 0 Å². The summed E-state index contributed by atoms with van der Waals surface area (Å²) in [5.74, 6) is -3.49. The van der Waals surface area contributed by atoms with Crippen LogP contribution in [-0.4, -0.2) is 41.1 Å². The molecule has 0 saturated carbocycles. The van der Waals surface area contributed by atoms with Crippen molar-refractivity contribution in [1.29, 1.82) is 0 Å². The van der Waals surface area contributed by atoms with Crippen LogP contribution in [0.25, 0.3) is 0 Å². The van der Waals surface area contributed by atoms with Crippen LogP contribution in [0.15, 0.2) is 42.5 Å². The fourth-order valence-electron chi connectivity index (χ4n) is 2.89. The second-order valence-corrected chi connectivity index (χ2v) is 7.05. The van der Waals surface area contributed by atoms with Crippen LogP contribution >= 0.6 is 0 Å². The molecule has 1 unspecified atom stereocenters. The summed E-state index contributed by atoms with van der Waals surface area (Å²) in [4.78, 5) is 23.2. The minimum Gasteiger partial charge on any atom is -0.426 e. The molecule has 0 saturated heterocycles. The second-order valence-electron chi connectivity index (χ2n) is 7.05. The Bertz CT molecular complexity index is 902. The molecule has 30 heavy (non-hydrogen) atoms. The average Bonchev–Trinajstić information content (AvgIpc) is 2.63. The van der Waals surface area contributed by atoms with Gasteiger partial charge in [-0.15, -0.1) is 0 Å². The summed E-state index contributed by atoms with van der Waals surface area (Å²) in [5.41, 5.74) is 3.32. The van der Waals surface area contributed by atoms with E-state index >= 15 is 0 Å². The number of carbonyl (C=O) groups excluding carboxylic acids is 2. The highest BCUT2D eigenvalue weighted by Crippen LogP contribution is 2.19. The van der Waals surface area contributed by atoms with Gasteiger partial charge < -0.3 is 20.7 Å². The molecule has 0 bridgehead atoms. The van der Waals surface area contributed by atoms with Crippen molar-refractivity contribution in [3.05, 3.63) is 64.7 Å². The number of carbonyl (C=O) groups is 2. The lowest BCUT2D eigenvalue weighted by molar-refractivity contribution is -0.167. The Kier molecular flexibility index (Phi) is 7.63. The van der Waals surface area contributed by atoms with Gasteiger partial charge in [0.2, 0.25) is 5.91 Å². The molecule has 6 nitrogen and oxygen atoms in total. The van der Waals surface area contributed by atoms with Crippen molar-refractivity contribution in [3.63, 3.8) is 0 Å². The van der Waals surface area contributed by atoms with E-state index in [0.717, 1.165) is 16.7 Å². The molecule has 2 aromatic carbocycles. The van der Waals surface area contributed by atoms with Crippen LogP contribution in [0, 0.1) is 13.8 Å². The molecule has 2 amide bonds. The first kappa shape index (κ1) is 23.4. The Labute approximate surface area is 172 Å². The van der Waals surface area contributed by atoms with Crippen molar-refractivity contribution < 1.29 is 32.8 Å². The van der Waals surface area contributed by atoms with Crippen LogP contribution in [0.2, 0.25) is 0 Å². The molecule has 0 radical (unpaired) electrons. The first-order valence-electron chi connectivity index (χ1n) is 9.14. The van der Waals surface area contributed by atoms with Crippen molar-refractivity contribution in [3.8, 4) is 0 Å². The maximum absolute atomic E-state index is 12.3. The standard InChI is InChI=1S/C20H22BF3N2O4/c1-12-3-6-15(13(2)9-12)11-17(21(29)30)26-18(27)10-14-4-7-16(8-5-14)25-19(28)20(22,23)24/h3-9,17,29-30H,10-11H2,1-2H3,(H,25,28)(H,26,27). The van der Waals surface area contributed by atoms with E-state index < -0.39 is 31.1 Å². The summed E-state index contributed by atoms with van der Waals surface area (Å²) >= 11 is 0. The molecule has 0 fully saturated rings. The third kappa shape index (κ3) is 6.89. The van der Waals surface area contributed by atoms with Crippen LogP contribution in [0.4, 0.5) is 18.9 Å². The van der Waals surface area contributed by atoms with Crippen molar-refractivity contribution in [2.24, 2.45) is 0 Å². The molecule has 0 aliphatic heterocycles. The van der Waals surface area contributed by atoms with E-state index in [1.54, 1.807) is 5.32 Å². The lowest BCUT2D eigenvalue weighted by atomic mass is 9.75. The van der Waals surface area contributed by atoms with Gasteiger partial charge >= 0.3 is 19.2 Å². The number of hydrogen-bond acceptors (Lipinski definition) is 4. The van der Waals surface area contributed by atoms with Crippen LogP contribution in [-0.2, 0) is 22.4 Å². The molecule has 2 aromatic rings. The van der Waals surface area contributed by atoms with Gasteiger partial charge in [0.05, 0.1) is 12.4 Å². The van der Waals surface area contributed by atoms with Gasteiger partial charge in [-0.2, -0.15) is 13.2 Å². The van der Waals surface area contributed by atoms with Gasteiger partial charge in [-0.05, 0) is 49.1 Å². The van der Waals surface area contributed by atoms with Crippen LogP contribution < -0.4 is 10.6 Å². The predicted molar refractivity (Wildman–Crippen MR) is 107 cm³/mol. The Balaban J connectivity index is 1.97. The summed E-state index contributed by atoms with van der Waals surface area (Å²) in [7, 11) is -1.77. The summed E-state index contributed by atoms with van der Waals surface area (Å²) in [5, 5.41) is 23.5. The number of nitrogens with one attached hydrogen (secondary N) is 2. The highest BCUT2D eigenvalue weighted by atomic mass is 19.4. The number of benzene rings is 2. The summed E-state index contributed by atoms with van der Waals surface area (Å²) in [6.07, 6.45) is -4.89. The summed E-state index contributed by atoms with van der Waals surface area (Å²) in [6, 6.07) is 11.0. The Morgan fingerprint density at radius 2 is 1.70 bits per heavy atom. The first-order chi connectivity index (χ1) is 14.0. The molecule has 0 aliphatic carbocycles. The molecule has 0 heterocycles. The topological polar surface area (TPSA) is 98.7 Å². The molecule has 1 atom stereocenters. The molecule has 4 N–H and O–H groups in total. The predicted octanol–water partition coefficient (Wildman–Crippen LogP) is 2.09. The number of alkyl halides is 3. The van der Waals surface area contributed by atoms with Crippen molar-refractivity contribution >= 4 is 24.6 Å². The number of hydrogen-bond donors (Lipinski definition) is 4. The quantitative estimate of drug-likeness (QED) is 0.514. The van der Waals surface area contributed by atoms with Crippen LogP contribution in [0.3, 0.4) is 0 Å². The highest BCUT2D eigenvalue weighted by Gasteiger charge is 2.38. The van der Waals surface area contributed by atoms with E-state index in [2.05, 4.69) is 5.32 Å². The molecular formula is C20H22BF3N2O4. The third-order valence-corrected chi connectivity index (χ3v) is 4.48. The number of aryl methyl sites for hydroxylation is 2. The second kappa shape index (κ2) is 9.77. The van der Waals surface area contributed by atoms with E-state index in [1.807, 2.05) is 32.0 Å². The smallest absolute Gasteiger partial charge is 0.426 e. The Hall–Kier alpha value is -2.85. The Morgan fingerprint density at radius 3 is 2.23 bits per heavy atom. The number of amides is 2. The maximum atomic E-state index is 12.3. The van der Waals surface area contributed by atoms with E-state index in [4.69, 9.17) is 0 Å². The van der Waals surface area contributed by atoms with Gasteiger partial charge in [-0.3, -0.25) is 9.59 Å². The van der Waals surface area contributed by atoms with Gasteiger partial charge in [0.15, 0.2) is 0 Å². The van der Waals surface area contributed by atoms with E-state index in [0.29, 0.717) is 5.56 Å². The van der Waals surface area contributed by atoms with Crippen molar-refractivity contribution in [1.82, 2.24) is 5.32 Å². The zero-order chi connectivity index (χ0) is 22.5. The maximum Gasteiger partial charge on any atom is 0.475 e. The van der Waals surface area contributed by atoms with Crippen molar-refractivity contribution in [2.45, 2.75) is 38.8 Å². The van der Waals surface area contributed by atoms with Gasteiger partial charge in [0, 0.05) is 5.69 Å². The van der Waals surface area contributed by atoms with E-state index in [9.17, 15) is 32.8 Å². The van der Waals surface area contributed by atoms with Crippen molar-refractivity contribution in [2.75, 3.05) is 5.32 Å². The lowest BCUT2D eigenvalue weighted by Gasteiger charge is -2.19. The number of anilines is 1. The Morgan fingerprint density at radius 1 is 1.07 bits per heavy atom. The fourth-order valence-corrected chi connectivity index (χ4v) is 2.89. The zero-order valence-corrected chi connectivity index (χ0v) is 16.5. The molecule has 0 aromatic heterocycles. The summed E-state index contributed by atoms with van der Waals surface area (Å²) in [6.45, 7) is 3.83. The SMILES string of the molecule is Cc1ccc(CC(NC(=O)Cc2ccc(NC(=O)C(F)(F)F)cc2)B(O)O)c(C)c1. The summed E-state index contributed by atoms with van der Waals surface area (Å²) < 4.78 is 36.8. The fraction of sp³-hybridized carbons (Fsp3) is 0.300. The largest absolute Gasteiger partial charge is 0.475 e. The van der Waals surface area contributed by atoms with Crippen LogP contribution in [0.1, 0.15) is 22.3 Å². The first-order valence-corrected chi connectivity index (χ1v) is 9.14. The average molecular weight is 422 g/mol. The van der Waals surface area contributed by atoms with E-state index in [-0.39, 0.29) is 18.5 Å². The lowest BCUT2D eigenvalue weighted by Crippen LogP contribution is -2.48. The molecular weight excluding hydrogens is 400 g/mol. The molecule has 160 valence electrons. The zero-order valence-electron chi connectivity index (χ0n) is 16.5. The van der Waals surface area contributed by atoms with Gasteiger partial charge in [-0.1, -0.05) is 35.9 Å². The third-order valence-electron chi connectivity index (χ3n) is 4.48. The normalized spacial score (nSPS) is 12.2. The minimum atomic E-state index is -4.99. The number of rotatable bonds is 7. The van der Waals surface area contributed by atoms with Gasteiger partial charge in [0.25, 0.3) is 0 Å². The molecule has 0 aliphatic rings. The minimum absolute atomic E-state index is 0.0556. The monoisotopic (exact) mass is 422 g/mol. The number of halogens is 3. The van der Waals surface area contributed by atoms with E-state index in [1.165, 1.54) is 24.3 Å². The highest BCUT2D eigenvalue weighted by molar-refractivity contribution is 6.43. The molecule has 10 heteroatoms. The molecule has 2 rings (SSSR count). The van der Waals surface area contributed by atoms with Crippen LogP contribution in [0.5, 0.6) is 0 Å².